The Morgan fingerprint density at radius 2 is 2.39 bits per heavy atom. The number of aromatic nitrogens is 1. The third kappa shape index (κ3) is 2.38. The summed E-state index contributed by atoms with van der Waals surface area (Å²) in [5.74, 6) is -0.711. The fourth-order valence-corrected chi connectivity index (χ4v) is 2.05. The Hall–Kier alpha value is -1.82. The molecule has 0 bridgehead atoms. The first kappa shape index (κ1) is 12.6. The van der Waals surface area contributed by atoms with E-state index in [2.05, 4.69) is 10.3 Å². The van der Waals surface area contributed by atoms with Crippen LogP contribution in [0.4, 0.5) is 11.5 Å². The van der Waals surface area contributed by atoms with Crippen LogP contribution < -0.4 is 11.1 Å². The molecule has 0 spiro atoms. The van der Waals surface area contributed by atoms with Crippen molar-refractivity contribution in [3.05, 3.63) is 17.8 Å². The molecule has 1 saturated carbocycles. The molecule has 2 rings (SSSR count). The van der Waals surface area contributed by atoms with Gasteiger partial charge in [0.25, 0.3) is 0 Å². The van der Waals surface area contributed by atoms with Gasteiger partial charge in [-0.3, -0.25) is 0 Å². The molecule has 0 radical (unpaired) electrons. The Kier molecular flexibility index (Phi) is 3.38. The van der Waals surface area contributed by atoms with Crippen molar-refractivity contribution < 1.29 is 14.6 Å². The van der Waals surface area contributed by atoms with Crippen molar-refractivity contribution in [2.75, 3.05) is 24.7 Å². The predicted molar refractivity (Wildman–Crippen MR) is 67.7 cm³/mol. The van der Waals surface area contributed by atoms with Crippen LogP contribution in [0.2, 0.25) is 0 Å². The lowest BCUT2D eigenvalue weighted by molar-refractivity contribution is -0.0601. The molecule has 1 aromatic heterocycles. The van der Waals surface area contributed by atoms with E-state index < -0.39 is 5.97 Å². The molecule has 6 heteroatoms. The summed E-state index contributed by atoms with van der Waals surface area (Å²) in [6.07, 6.45) is 4.53. The summed E-state index contributed by atoms with van der Waals surface area (Å²) >= 11 is 0. The van der Waals surface area contributed by atoms with E-state index in [9.17, 15) is 4.79 Å². The zero-order chi connectivity index (χ0) is 13.2. The largest absolute Gasteiger partial charge is 0.478 e. The Bertz CT molecular complexity index is 452. The van der Waals surface area contributed by atoms with Crippen LogP contribution in [0.25, 0.3) is 0 Å². The summed E-state index contributed by atoms with van der Waals surface area (Å²) in [5.41, 5.74) is 5.77. The zero-order valence-corrected chi connectivity index (χ0v) is 10.3. The van der Waals surface area contributed by atoms with Gasteiger partial charge in [-0.25, -0.2) is 9.78 Å². The molecule has 1 aliphatic rings. The number of anilines is 2. The zero-order valence-electron chi connectivity index (χ0n) is 10.3. The van der Waals surface area contributed by atoms with E-state index in [4.69, 9.17) is 15.6 Å². The number of hydrogen-bond donors (Lipinski definition) is 3. The first-order chi connectivity index (χ1) is 8.56. The second-order valence-corrected chi connectivity index (χ2v) is 4.56. The average Bonchev–Trinajstić information content (AvgIpc) is 2.29. The normalized spacial score (nSPS) is 16.9. The molecule has 18 heavy (non-hydrogen) atoms. The van der Waals surface area contributed by atoms with Crippen LogP contribution in [0.15, 0.2) is 12.3 Å². The lowest BCUT2D eigenvalue weighted by Crippen LogP contribution is -2.45. The minimum atomic E-state index is -1.04. The summed E-state index contributed by atoms with van der Waals surface area (Å²) in [7, 11) is 1.68. The summed E-state index contributed by atoms with van der Waals surface area (Å²) < 4.78 is 5.46. The van der Waals surface area contributed by atoms with Gasteiger partial charge in [0.15, 0.2) is 0 Å². The van der Waals surface area contributed by atoms with E-state index in [1.54, 1.807) is 7.11 Å². The second kappa shape index (κ2) is 4.81. The number of carboxylic acid groups (broad SMARTS) is 1. The Morgan fingerprint density at radius 3 is 2.89 bits per heavy atom. The van der Waals surface area contributed by atoms with Gasteiger partial charge in [0.05, 0.1) is 17.5 Å². The van der Waals surface area contributed by atoms with Crippen molar-refractivity contribution in [3.8, 4) is 0 Å². The maximum Gasteiger partial charge on any atom is 0.339 e. The lowest BCUT2D eigenvalue weighted by Gasteiger charge is -2.40. The number of ether oxygens (including phenoxy) is 1. The number of nitrogens with one attached hydrogen (secondary N) is 1. The van der Waals surface area contributed by atoms with Crippen LogP contribution in [-0.4, -0.2) is 35.3 Å². The summed E-state index contributed by atoms with van der Waals surface area (Å²) in [4.78, 5) is 15.1. The smallest absolute Gasteiger partial charge is 0.339 e. The number of methoxy groups -OCH3 is 1. The number of carboxylic acids is 1. The van der Waals surface area contributed by atoms with E-state index in [1.165, 1.54) is 12.3 Å². The molecule has 0 amide bonds. The SMILES string of the molecule is COC1(CNc2ncc(N)cc2C(=O)O)CCC1. The van der Waals surface area contributed by atoms with Gasteiger partial charge in [-0.05, 0) is 25.3 Å². The molecule has 0 unspecified atom stereocenters. The quantitative estimate of drug-likeness (QED) is 0.730. The number of hydrogen-bond acceptors (Lipinski definition) is 5. The average molecular weight is 251 g/mol. The first-order valence-electron chi connectivity index (χ1n) is 5.84. The van der Waals surface area contributed by atoms with Gasteiger partial charge in [-0.15, -0.1) is 0 Å². The molecule has 1 aromatic rings. The molecule has 0 atom stereocenters. The molecule has 6 nitrogen and oxygen atoms in total. The lowest BCUT2D eigenvalue weighted by atomic mass is 9.80. The second-order valence-electron chi connectivity index (χ2n) is 4.56. The van der Waals surface area contributed by atoms with Gasteiger partial charge < -0.3 is 20.9 Å². The van der Waals surface area contributed by atoms with Crippen LogP contribution >= 0.6 is 0 Å². The minimum absolute atomic E-state index is 0.0839. The molecular weight excluding hydrogens is 234 g/mol. The third-order valence-electron chi connectivity index (χ3n) is 3.42. The predicted octanol–water partition coefficient (Wildman–Crippen LogP) is 1.34. The summed E-state index contributed by atoms with van der Waals surface area (Å²) in [6.45, 7) is 0.556. The first-order valence-corrected chi connectivity index (χ1v) is 5.84. The van der Waals surface area contributed by atoms with E-state index in [1.807, 2.05) is 0 Å². The fraction of sp³-hybridized carbons (Fsp3) is 0.500. The van der Waals surface area contributed by atoms with Gasteiger partial charge in [0, 0.05) is 13.7 Å². The van der Waals surface area contributed by atoms with Crippen molar-refractivity contribution in [1.82, 2.24) is 4.98 Å². The number of aromatic carboxylic acids is 1. The van der Waals surface area contributed by atoms with Gasteiger partial charge in [-0.1, -0.05) is 0 Å². The van der Waals surface area contributed by atoms with Gasteiger partial charge >= 0.3 is 5.97 Å². The fourth-order valence-electron chi connectivity index (χ4n) is 2.05. The van der Waals surface area contributed by atoms with Crippen molar-refractivity contribution in [1.29, 1.82) is 0 Å². The Labute approximate surface area is 105 Å². The van der Waals surface area contributed by atoms with Gasteiger partial charge in [0.2, 0.25) is 0 Å². The number of pyridine rings is 1. The highest BCUT2D eigenvalue weighted by molar-refractivity contribution is 5.94. The van der Waals surface area contributed by atoms with Crippen molar-refractivity contribution in [2.45, 2.75) is 24.9 Å². The van der Waals surface area contributed by atoms with Crippen LogP contribution in [0, 0.1) is 0 Å². The molecule has 98 valence electrons. The van der Waals surface area contributed by atoms with E-state index in [0.717, 1.165) is 19.3 Å². The van der Waals surface area contributed by atoms with Crippen molar-refractivity contribution in [3.63, 3.8) is 0 Å². The standard InChI is InChI=1S/C12H17N3O3/c1-18-12(3-2-4-12)7-15-10-9(11(16)17)5-8(13)6-14-10/h5-6H,2-4,7,13H2,1H3,(H,14,15)(H,16,17). The van der Waals surface area contributed by atoms with Crippen molar-refractivity contribution in [2.24, 2.45) is 0 Å². The van der Waals surface area contributed by atoms with Gasteiger partial charge in [-0.2, -0.15) is 0 Å². The number of nitrogen functional groups attached to an aromatic ring is 1. The van der Waals surface area contributed by atoms with Crippen LogP contribution in [0.1, 0.15) is 29.6 Å². The van der Waals surface area contributed by atoms with E-state index >= 15 is 0 Å². The molecule has 0 aliphatic heterocycles. The monoisotopic (exact) mass is 251 g/mol. The number of rotatable bonds is 5. The molecule has 1 fully saturated rings. The molecule has 1 heterocycles. The van der Waals surface area contributed by atoms with Crippen LogP contribution in [0.3, 0.4) is 0 Å². The third-order valence-corrected chi connectivity index (χ3v) is 3.42. The molecule has 4 N–H and O–H groups in total. The summed E-state index contributed by atoms with van der Waals surface area (Å²) in [6, 6.07) is 1.40. The number of nitrogens with zero attached hydrogens (tertiary/aromatic N) is 1. The highest BCUT2D eigenvalue weighted by Gasteiger charge is 2.37. The molecule has 0 aromatic carbocycles. The minimum Gasteiger partial charge on any atom is -0.478 e. The topological polar surface area (TPSA) is 97.5 Å². The van der Waals surface area contributed by atoms with E-state index in [-0.39, 0.29) is 11.2 Å². The maximum atomic E-state index is 11.1. The van der Waals surface area contributed by atoms with Gasteiger partial charge in [0.1, 0.15) is 11.4 Å². The van der Waals surface area contributed by atoms with Crippen LogP contribution in [-0.2, 0) is 4.74 Å². The maximum absolute atomic E-state index is 11.1. The number of nitrogens with two attached hydrogens (primary N) is 1. The Balaban J connectivity index is 2.11. The highest BCUT2D eigenvalue weighted by Crippen LogP contribution is 2.35. The van der Waals surface area contributed by atoms with E-state index in [0.29, 0.717) is 18.1 Å². The number of carbonyl (C=O) groups is 1. The van der Waals surface area contributed by atoms with Crippen LogP contribution in [0.5, 0.6) is 0 Å². The molecule has 1 aliphatic carbocycles. The Morgan fingerprint density at radius 1 is 1.67 bits per heavy atom. The highest BCUT2D eigenvalue weighted by atomic mass is 16.5. The van der Waals surface area contributed by atoms with Crippen molar-refractivity contribution >= 4 is 17.5 Å². The molecule has 0 saturated heterocycles. The summed E-state index contributed by atoms with van der Waals surface area (Å²) in [5, 5.41) is 12.1. The molecular formula is C12H17N3O3.